The summed E-state index contributed by atoms with van der Waals surface area (Å²) in [5.41, 5.74) is 1.18. The van der Waals surface area contributed by atoms with Crippen molar-refractivity contribution in [2.75, 3.05) is 26.4 Å². The van der Waals surface area contributed by atoms with E-state index >= 15 is 0 Å². The van der Waals surface area contributed by atoms with E-state index < -0.39 is 0 Å². The second kappa shape index (κ2) is 10.2. The summed E-state index contributed by atoms with van der Waals surface area (Å²) < 4.78 is 12.4. The van der Waals surface area contributed by atoms with Crippen LogP contribution in [0.25, 0.3) is 0 Å². The first kappa shape index (κ1) is 17.5. The maximum absolute atomic E-state index is 5.85. The summed E-state index contributed by atoms with van der Waals surface area (Å²) >= 11 is 3.52. The van der Waals surface area contributed by atoms with E-state index in [1.807, 2.05) is 12.1 Å². The van der Waals surface area contributed by atoms with Crippen LogP contribution in [0.1, 0.15) is 45.2 Å². The van der Waals surface area contributed by atoms with Crippen LogP contribution in [0.15, 0.2) is 22.7 Å². The van der Waals surface area contributed by atoms with Crippen molar-refractivity contribution in [2.45, 2.75) is 39.7 Å². The van der Waals surface area contributed by atoms with Gasteiger partial charge in [-0.15, -0.1) is 0 Å². The number of unbranched alkanes of at least 4 members (excludes halogenated alkanes) is 1. The molecule has 1 unspecified atom stereocenters. The third-order valence-corrected chi connectivity index (χ3v) is 3.57. The number of benzene rings is 1. The minimum atomic E-state index is 0.272. The van der Waals surface area contributed by atoms with E-state index in [0.717, 1.165) is 36.2 Å². The summed E-state index contributed by atoms with van der Waals surface area (Å²) in [6.45, 7) is 9.42. The summed E-state index contributed by atoms with van der Waals surface area (Å²) in [6, 6.07) is 6.41. The van der Waals surface area contributed by atoms with Gasteiger partial charge in [-0.05, 0) is 38.1 Å². The number of halogens is 1. The lowest BCUT2D eigenvalue weighted by Crippen LogP contribution is -2.19. The topological polar surface area (TPSA) is 30.5 Å². The van der Waals surface area contributed by atoms with Crippen molar-refractivity contribution >= 4 is 15.9 Å². The fraction of sp³-hybridized carbons (Fsp3) is 0.625. The van der Waals surface area contributed by atoms with Crippen LogP contribution in [0.3, 0.4) is 0 Å². The molecule has 3 nitrogen and oxygen atoms in total. The predicted molar refractivity (Wildman–Crippen MR) is 87.5 cm³/mol. The van der Waals surface area contributed by atoms with Gasteiger partial charge in [0.25, 0.3) is 0 Å². The number of ether oxygens (including phenoxy) is 2. The number of hydrogen-bond donors (Lipinski definition) is 1. The summed E-state index contributed by atoms with van der Waals surface area (Å²) in [5, 5.41) is 3.42. The maximum atomic E-state index is 5.85. The van der Waals surface area contributed by atoms with E-state index in [2.05, 4.69) is 48.1 Å². The third kappa shape index (κ3) is 6.25. The lowest BCUT2D eigenvalue weighted by molar-refractivity contribution is 0.0975. The van der Waals surface area contributed by atoms with E-state index in [9.17, 15) is 0 Å². The standard InChI is InChI=1S/C16H26BrNO2/c1-4-6-9-19-10-11-20-16-8-7-14(17)12-15(16)13(3)18-5-2/h7-8,12-13,18H,4-6,9-11H2,1-3H3. The molecule has 0 aliphatic heterocycles. The molecule has 1 aromatic carbocycles. The van der Waals surface area contributed by atoms with Gasteiger partial charge < -0.3 is 14.8 Å². The van der Waals surface area contributed by atoms with Gasteiger partial charge in [0.15, 0.2) is 0 Å². The summed E-state index contributed by atoms with van der Waals surface area (Å²) in [4.78, 5) is 0. The van der Waals surface area contributed by atoms with Crippen molar-refractivity contribution < 1.29 is 9.47 Å². The van der Waals surface area contributed by atoms with Crippen molar-refractivity contribution in [3.8, 4) is 5.75 Å². The van der Waals surface area contributed by atoms with Crippen LogP contribution in [0.5, 0.6) is 5.75 Å². The zero-order chi connectivity index (χ0) is 14.8. The molecule has 1 atom stereocenters. The second-order valence-corrected chi connectivity index (χ2v) is 5.69. The molecule has 0 fully saturated rings. The quantitative estimate of drug-likeness (QED) is 0.642. The van der Waals surface area contributed by atoms with E-state index in [-0.39, 0.29) is 6.04 Å². The van der Waals surface area contributed by atoms with Crippen LogP contribution in [-0.2, 0) is 4.74 Å². The number of hydrogen-bond acceptors (Lipinski definition) is 3. The highest BCUT2D eigenvalue weighted by atomic mass is 79.9. The van der Waals surface area contributed by atoms with Gasteiger partial charge in [-0.2, -0.15) is 0 Å². The molecule has 0 aliphatic rings. The van der Waals surface area contributed by atoms with Gasteiger partial charge in [0.1, 0.15) is 12.4 Å². The Hall–Kier alpha value is -0.580. The molecule has 1 aromatic rings. The molecule has 20 heavy (non-hydrogen) atoms. The molecule has 1 rings (SSSR count). The molecule has 0 radical (unpaired) electrons. The molecule has 4 heteroatoms. The van der Waals surface area contributed by atoms with Gasteiger partial charge in [-0.25, -0.2) is 0 Å². The van der Waals surface area contributed by atoms with E-state index in [1.165, 1.54) is 5.56 Å². The first-order chi connectivity index (χ1) is 9.69. The monoisotopic (exact) mass is 343 g/mol. The van der Waals surface area contributed by atoms with Crippen LogP contribution in [-0.4, -0.2) is 26.4 Å². The predicted octanol–water partition coefficient (Wildman–Crippen LogP) is 4.32. The number of nitrogens with one attached hydrogen (secondary N) is 1. The van der Waals surface area contributed by atoms with Gasteiger partial charge in [-0.1, -0.05) is 36.2 Å². The van der Waals surface area contributed by atoms with Crippen molar-refractivity contribution in [2.24, 2.45) is 0 Å². The lowest BCUT2D eigenvalue weighted by atomic mass is 10.1. The first-order valence-electron chi connectivity index (χ1n) is 7.42. The molecule has 0 heterocycles. The van der Waals surface area contributed by atoms with Gasteiger partial charge in [-0.3, -0.25) is 0 Å². The van der Waals surface area contributed by atoms with Crippen molar-refractivity contribution in [3.05, 3.63) is 28.2 Å². The Balaban J connectivity index is 2.51. The molecule has 0 aromatic heterocycles. The summed E-state index contributed by atoms with van der Waals surface area (Å²) in [6.07, 6.45) is 2.28. The first-order valence-corrected chi connectivity index (χ1v) is 8.21. The Kier molecular flexibility index (Phi) is 8.90. The second-order valence-electron chi connectivity index (χ2n) is 4.78. The van der Waals surface area contributed by atoms with E-state index in [4.69, 9.17) is 9.47 Å². The Labute approximate surface area is 131 Å². The molecular weight excluding hydrogens is 318 g/mol. The molecule has 0 bridgehead atoms. The summed E-state index contributed by atoms with van der Waals surface area (Å²) in [5.74, 6) is 0.931. The van der Waals surface area contributed by atoms with Crippen molar-refractivity contribution in [3.63, 3.8) is 0 Å². The van der Waals surface area contributed by atoms with Crippen LogP contribution < -0.4 is 10.1 Å². The van der Waals surface area contributed by atoms with Gasteiger partial charge in [0.05, 0.1) is 6.61 Å². The minimum absolute atomic E-state index is 0.272. The minimum Gasteiger partial charge on any atom is -0.491 e. The molecule has 0 spiro atoms. The Morgan fingerprint density at radius 2 is 2.00 bits per heavy atom. The largest absolute Gasteiger partial charge is 0.491 e. The van der Waals surface area contributed by atoms with Crippen molar-refractivity contribution in [1.82, 2.24) is 5.32 Å². The van der Waals surface area contributed by atoms with Crippen LogP contribution in [0, 0.1) is 0 Å². The zero-order valence-electron chi connectivity index (χ0n) is 12.7. The fourth-order valence-electron chi connectivity index (χ4n) is 1.96. The molecule has 114 valence electrons. The van der Waals surface area contributed by atoms with Crippen LogP contribution >= 0.6 is 15.9 Å². The smallest absolute Gasteiger partial charge is 0.124 e. The van der Waals surface area contributed by atoms with Gasteiger partial charge in [0.2, 0.25) is 0 Å². The van der Waals surface area contributed by atoms with Gasteiger partial charge in [0, 0.05) is 22.7 Å². The molecule has 0 saturated carbocycles. The van der Waals surface area contributed by atoms with E-state index in [0.29, 0.717) is 13.2 Å². The van der Waals surface area contributed by atoms with Crippen LogP contribution in [0.4, 0.5) is 0 Å². The highest BCUT2D eigenvalue weighted by Gasteiger charge is 2.11. The molecule has 0 aliphatic carbocycles. The fourth-order valence-corrected chi connectivity index (χ4v) is 2.34. The average molecular weight is 344 g/mol. The molecule has 1 N–H and O–H groups in total. The Morgan fingerprint density at radius 1 is 1.20 bits per heavy atom. The maximum Gasteiger partial charge on any atom is 0.124 e. The van der Waals surface area contributed by atoms with E-state index in [1.54, 1.807) is 0 Å². The third-order valence-electron chi connectivity index (χ3n) is 3.08. The Bertz CT molecular complexity index is 385. The normalized spacial score (nSPS) is 12.4. The number of rotatable bonds is 10. The van der Waals surface area contributed by atoms with Crippen LogP contribution in [0.2, 0.25) is 0 Å². The summed E-state index contributed by atoms with van der Waals surface area (Å²) in [7, 11) is 0. The Morgan fingerprint density at radius 3 is 2.70 bits per heavy atom. The zero-order valence-corrected chi connectivity index (χ0v) is 14.3. The molecule has 0 amide bonds. The van der Waals surface area contributed by atoms with Crippen molar-refractivity contribution in [1.29, 1.82) is 0 Å². The highest BCUT2D eigenvalue weighted by Crippen LogP contribution is 2.28. The lowest BCUT2D eigenvalue weighted by Gasteiger charge is -2.18. The van der Waals surface area contributed by atoms with Gasteiger partial charge >= 0.3 is 0 Å². The molecular formula is C16H26BrNO2. The molecule has 0 saturated heterocycles. The average Bonchev–Trinajstić information content (AvgIpc) is 2.44. The highest BCUT2D eigenvalue weighted by molar-refractivity contribution is 9.10. The SMILES string of the molecule is CCCCOCCOc1ccc(Br)cc1C(C)NCC.